The van der Waals surface area contributed by atoms with E-state index in [1.54, 1.807) is 0 Å². The van der Waals surface area contributed by atoms with E-state index in [0.717, 1.165) is 30.9 Å². The second kappa shape index (κ2) is 7.13. The van der Waals surface area contributed by atoms with Gasteiger partial charge in [0.25, 0.3) is 0 Å². The summed E-state index contributed by atoms with van der Waals surface area (Å²) in [6, 6.07) is 9.08. The summed E-state index contributed by atoms with van der Waals surface area (Å²) in [5, 5.41) is 4.65. The van der Waals surface area contributed by atoms with E-state index in [2.05, 4.69) is 45.1 Å². The number of benzene rings is 1. The van der Waals surface area contributed by atoms with Crippen LogP contribution in [0, 0.1) is 5.41 Å². The molecule has 0 saturated heterocycles. The normalized spacial score (nSPS) is 30.0. The van der Waals surface area contributed by atoms with Crippen LogP contribution >= 0.6 is 11.6 Å². The second-order valence-electron chi connectivity index (χ2n) is 6.45. The third kappa shape index (κ3) is 3.61. The molecule has 0 radical (unpaired) electrons. The predicted molar refractivity (Wildman–Crippen MR) is 90.0 cm³/mol. The van der Waals surface area contributed by atoms with Crippen molar-refractivity contribution in [1.82, 2.24) is 5.32 Å². The first kappa shape index (κ1) is 16.8. The van der Waals surface area contributed by atoms with Crippen LogP contribution in [0.4, 0.5) is 0 Å². The number of hydrogen-bond acceptors (Lipinski definition) is 2. The van der Waals surface area contributed by atoms with Crippen molar-refractivity contribution in [3.8, 4) is 0 Å². The molecule has 4 atom stereocenters. The maximum Gasteiger partial charge on any atom is 0.0658 e. The van der Waals surface area contributed by atoms with E-state index in [1.807, 2.05) is 12.1 Å². The molecule has 0 amide bonds. The molecule has 0 aromatic heterocycles. The number of ether oxygens (including phenoxy) is 1. The first-order valence-corrected chi connectivity index (χ1v) is 8.50. The van der Waals surface area contributed by atoms with Gasteiger partial charge in [-0.2, -0.15) is 0 Å². The summed E-state index contributed by atoms with van der Waals surface area (Å²) >= 11 is 6.25. The number of nitrogens with one attached hydrogen (secondary N) is 1. The zero-order valence-corrected chi connectivity index (χ0v) is 14.4. The van der Waals surface area contributed by atoms with Crippen molar-refractivity contribution in [2.24, 2.45) is 5.41 Å². The van der Waals surface area contributed by atoms with E-state index in [-0.39, 0.29) is 5.41 Å². The minimum atomic E-state index is 0.255. The second-order valence-corrected chi connectivity index (χ2v) is 6.86. The highest BCUT2D eigenvalue weighted by Crippen LogP contribution is 2.46. The van der Waals surface area contributed by atoms with Crippen molar-refractivity contribution < 1.29 is 4.74 Å². The van der Waals surface area contributed by atoms with Gasteiger partial charge in [0.05, 0.1) is 6.10 Å². The number of halogens is 1. The van der Waals surface area contributed by atoms with E-state index in [4.69, 9.17) is 16.3 Å². The molecule has 1 aromatic carbocycles. The van der Waals surface area contributed by atoms with E-state index >= 15 is 0 Å². The standard InChI is InChI=1S/C18H28ClNO/c1-5-18(4)16(12-17(18)21-6-2)20-13(3)11-14-9-7-8-10-15(14)19/h7-10,13,16-17,20H,5-6,11-12H2,1-4H3. The summed E-state index contributed by atoms with van der Waals surface area (Å²) in [6.45, 7) is 9.74. The Balaban J connectivity index is 1.92. The molecule has 1 N–H and O–H groups in total. The van der Waals surface area contributed by atoms with Crippen LogP contribution < -0.4 is 5.32 Å². The average molecular weight is 310 g/mol. The lowest BCUT2D eigenvalue weighted by molar-refractivity contribution is -0.127. The molecule has 2 rings (SSSR count). The molecule has 2 nitrogen and oxygen atoms in total. The maximum absolute atomic E-state index is 6.25. The molecule has 4 unspecified atom stereocenters. The van der Waals surface area contributed by atoms with Gasteiger partial charge in [0.15, 0.2) is 0 Å². The third-order valence-electron chi connectivity index (χ3n) is 5.08. The summed E-state index contributed by atoms with van der Waals surface area (Å²) < 4.78 is 5.87. The van der Waals surface area contributed by atoms with Crippen molar-refractivity contribution >= 4 is 11.6 Å². The Bertz CT molecular complexity index is 464. The van der Waals surface area contributed by atoms with Crippen LogP contribution in [-0.4, -0.2) is 24.8 Å². The number of rotatable bonds is 7. The van der Waals surface area contributed by atoms with Gasteiger partial charge in [0, 0.05) is 29.1 Å². The molecular formula is C18H28ClNO. The van der Waals surface area contributed by atoms with Crippen molar-refractivity contribution in [1.29, 1.82) is 0 Å². The van der Waals surface area contributed by atoms with Crippen LogP contribution in [0.1, 0.15) is 46.1 Å². The van der Waals surface area contributed by atoms with Gasteiger partial charge in [-0.05, 0) is 44.7 Å². The topological polar surface area (TPSA) is 21.3 Å². The summed E-state index contributed by atoms with van der Waals surface area (Å²) in [6.07, 6.45) is 3.63. The summed E-state index contributed by atoms with van der Waals surface area (Å²) in [7, 11) is 0. The van der Waals surface area contributed by atoms with Crippen LogP contribution in [0.15, 0.2) is 24.3 Å². The molecule has 0 aliphatic heterocycles. The van der Waals surface area contributed by atoms with Gasteiger partial charge >= 0.3 is 0 Å². The van der Waals surface area contributed by atoms with Gasteiger partial charge in [0.2, 0.25) is 0 Å². The lowest BCUT2D eigenvalue weighted by Crippen LogP contribution is -2.63. The van der Waals surface area contributed by atoms with Gasteiger partial charge in [0.1, 0.15) is 0 Å². The molecule has 0 spiro atoms. The van der Waals surface area contributed by atoms with Crippen molar-refractivity contribution in [3.63, 3.8) is 0 Å². The molecule has 1 saturated carbocycles. The Morgan fingerprint density at radius 3 is 2.71 bits per heavy atom. The van der Waals surface area contributed by atoms with Crippen LogP contribution in [0.5, 0.6) is 0 Å². The highest BCUT2D eigenvalue weighted by Gasteiger charge is 2.51. The van der Waals surface area contributed by atoms with Gasteiger partial charge in [-0.15, -0.1) is 0 Å². The van der Waals surface area contributed by atoms with Gasteiger partial charge in [-0.3, -0.25) is 0 Å². The first-order valence-electron chi connectivity index (χ1n) is 8.12. The summed E-state index contributed by atoms with van der Waals surface area (Å²) in [4.78, 5) is 0. The minimum Gasteiger partial charge on any atom is -0.378 e. The first-order chi connectivity index (χ1) is 10.0. The van der Waals surface area contributed by atoms with Crippen LogP contribution in [0.2, 0.25) is 5.02 Å². The molecule has 3 heteroatoms. The fourth-order valence-corrected chi connectivity index (χ4v) is 3.62. The molecule has 1 fully saturated rings. The molecule has 0 heterocycles. The van der Waals surface area contributed by atoms with Crippen LogP contribution in [-0.2, 0) is 11.2 Å². The SMILES string of the molecule is CCOC1CC(NC(C)Cc2ccccc2Cl)C1(C)CC. The Kier molecular flexibility index (Phi) is 5.70. The summed E-state index contributed by atoms with van der Waals surface area (Å²) in [5.41, 5.74) is 1.48. The summed E-state index contributed by atoms with van der Waals surface area (Å²) in [5.74, 6) is 0. The zero-order valence-electron chi connectivity index (χ0n) is 13.7. The molecular weight excluding hydrogens is 282 g/mol. The molecule has 1 aromatic rings. The Hall–Kier alpha value is -0.570. The van der Waals surface area contributed by atoms with Crippen LogP contribution in [0.25, 0.3) is 0 Å². The molecule has 0 bridgehead atoms. The van der Waals surface area contributed by atoms with Crippen molar-refractivity contribution in [3.05, 3.63) is 34.9 Å². The zero-order chi connectivity index (χ0) is 15.5. The van der Waals surface area contributed by atoms with E-state index < -0.39 is 0 Å². The molecule has 118 valence electrons. The Morgan fingerprint density at radius 2 is 2.10 bits per heavy atom. The fraction of sp³-hybridized carbons (Fsp3) is 0.667. The Morgan fingerprint density at radius 1 is 1.38 bits per heavy atom. The van der Waals surface area contributed by atoms with E-state index in [9.17, 15) is 0 Å². The quantitative estimate of drug-likeness (QED) is 0.803. The molecule has 21 heavy (non-hydrogen) atoms. The van der Waals surface area contributed by atoms with Crippen molar-refractivity contribution in [2.45, 2.75) is 65.1 Å². The van der Waals surface area contributed by atoms with Crippen LogP contribution in [0.3, 0.4) is 0 Å². The highest BCUT2D eigenvalue weighted by molar-refractivity contribution is 6.31. The van der Waals surface area contributed by atoms with E-state index in [0.29, 0.717) is 18.2 Å². The van der Waals surface area contributed by atoms with Gasteiger partial charge in [-0.25, -0.2) is 0 Å². The van der Waals surface area contributed by atoms with Gasteiger partial charge < -0.3 is 10.1 Å². The molecule has 1 aliphatic carbocycles. The lowest BCUT2D eigenvalue weighted by atomic mass is 9.61. The Labute approximate surface area is 134 Å². The molecule has 1 aliphatic rings. The predicted octanol–water partition coefficient (Wildman–Crippen LogP) is 4.45. The van der Waals surface area contributed by atoms with E-state index in [1.165, 1.54) is 5.56 Å². The monoisotopic (exact) mass is 309 g/mol. The lowest BCUT2D eigenvalue weighted by Gasteiger charge is -2.54. The largest absolute Gasteiger partial charge is 0.378 e. The fourth-order valence-electron chi connectivity index (χ4n) is 3.40. The average Bonchev–Trinajstić information content (AvgIpc) is 2.47. The minimum absolute atomic E-state index is 0.255. The maximum atomic E-state index is 6.25. The third-order valence-corrected chi connectivity index (χ3v) is 5.45. The van der Waals surface area contributed by atoms with Gasteiger partial charge in [-0.1, -0.05) is 43.6 Å². The van der Waals surface area contributed by atoms with Crippen molar-refractivity contribution in [2.75, 3.05) is 6.61 Å². The highest BCUT2D eigenvalue weighted by atomic mass is 35.5. The number of hydrogen-bond donors (Lipinski definition) is 1. The smallest absolute Gasteiger partial charge is 0.0658 e.